The Hall–Kier alpha value is -3.33. The molecule has 0 bridgehead atoms. The number of nitrogens with zero attached hydrogens (tertiary/aromatic N) is 4. The molecule has 18 heteroatoms. The Morgan fingerprint density at radius 1 is 0.925 bits per heavy atom. The smallest absolute Gasteiger partial charge is 0.351 e. The highest BCUT2D eigenvalue weighted by Crippen LogP contribution is 2.38. The van der Waals surface area contributed by atoms with Crippen LogP contribution in [0.5, 0.6) is 0 Å². The van der Waals surface area contributed by atoms with Gasteiger partial charge in [0.2, 0.25) is 5.79 Å². The lowest BCUT2D eigenvalue weighted by Crippen LogP contribution is -2.51. The summed E-state index contributed by atoms with van der Waals surface area (Å²) < 4.78 is 17.7. The van der Waals surface area contributed by atoms with Crippen LogP contribution in [0.4, 0.5) is 11.6 Å². The first-order valence-corrected chi connectivity index (χ1v) is 11.9. The molecule has 40 heavy (non-hydrogen) atoms. The minimum Gasteiger partial charge on any atom is -0.393 e. The molecule has 4 heterocycles. The second-order valence-electron chi connectivity index (χ2n) is 8.98. The fourth-order valence-electron chi connectivity index (χ4n) is 4.30. The van der Waals surface area contributed by atoms with E-state index in [0.717, 1.165) is 16.1 Å². The van der Waals surface area contributed by atoms with Gasteiger partial charge in [-0.1, -0.05) is 0 Å². The van der Waals surface area contributed by atoms with Crippen LogP contribution in [0.2, 0.25) is 0 Å². The topological polar surface area (TPSA) is 288 Å². The molecule has 2 aliphatic rings. The lowest BCUT2D eigenvalue weighted by Gasteiger charge is -2.29. The standard InChI is InChI=1S/C11H15N3O6.C11H17N3O6/c1-5(16)11(4-15)8(18)7(17)9(20-11)14-3-2-6(12)13-10(14)19;1-2-19-11(5-15)8(17)7(16)9(20-11)14-4-3-6(12)13-10(14)18/h2-3,7-9,15,17-18H,4H2,1H3,(H2,12,13,19);3-4,7-9,15-17H,2,5H2,1H3,(H2,12,13,18)/t7-,8+,9-,11+;7-,8+,9-,11-/m11/s1. The van der Waals surface area contributed by atoms with Crippen molar-refractivity contribution in [2.24, 2.45) is 0 Å². The minimum absolute atomic E-state index is 0.0146. The van der Waals surface area contributed by atoms with Gasteiger partial charge in [0.15, 0.2) is 23.8 Å². The molecule has 2 aromatic heterocycles. The molecule has 2 fully saturated rings. The molecule has 0 spiro atoms. The highest BCUT2D eigenvalue weighted by molar-refractivity contribution is 5.86. The fraction of sp³-hybridized carbons (Fsp3) is 0.591. The van der Waals surface area contributed by atoms with E-state index in [1.807, 2.05) is 0 Å². The highest BCUT2D eigenvalue weighted by Gasteiger charge is 2.58. The van der Waals surface area contributed by atoms with Gasteiger partial charge in [0.05, 0.1) is 6.61 Å². The molecule has 0 aromatic carbocycles. The summed E-state index contributed by atoms with van der Waals surface area (Å²) in [4.78, 5) is 42.0. The molecular weight excluding hydrogens is 540 g/mol. The van der Waals surface area contributed by atoms with Gasteiger partial charge in [0.1, 0.15) is 42.7 Å². The summed E-state index contributed by atoms with van der Waals surface area (Å²) in [6, 6.07) is 2.65. The second kappa shape index (κ2) is 12.0. The van der Waals surface area contributed by atoms with Crippen molar-refractivity contribution in [3.05, 3.63) is 45.5 Å². The van der Waals surface area contributed by atoms with Gasteiger partial charge in [0, 0.05) is 19.0 Å². The number of Topliss-reactive ketones (excluding diaryl/α,β-unsaturated/α-hetero) is 1. The van der Waals surface area contributed by atoms with E-state index >= 15 is 0 Å². The Bertz CT molecular complexity index is 1320. The molecule has 8 atom stereocenters. The average molecular weight is 573 g/mol. The first-order chi connectivity index (χ1) is 18.8. The number of nitrogen functional groups attached to an aromatic ring is 2. The minimum atomic E-state index is -1.97. The van der Waals surface area contributed by atoms with Gasteiger partial charge in [-0.25, -0.2) is 9.59 Å². The quantitative estimate of drug-likeness (QED) is 0.154. The lowest BCUT2D eigenvalue weighted by molar-refractivity contribution is -0.280. The zero-order valence-corrected chi connectivity index (χ0v) is 21.5. The SMILES string of the molecule is CC(=O)[C@]1(CO)O[C@@H](n2ccc(N)nc2=O)[C@H](O)[C@@H]1O.CCO[C@]1(CO)O[C@@H](n2ccc(N)nc2=O)[C@H](O)[C@@H]1O. The van der Waals surface area contributed by atoms with Gasteiger partial charge in [-0.3, -0.25) is 13.9 Å². The average Bonchev–Trinajstić information content (AvgIpc) is 3.31. The molecule has 2 aromatic rings. The first-order valence-electron chi connectivity index (χ1n) is 11.9. The van der Waals surface area contributed by atoms with Crippen LogP contribution in [-0.4, -0.2) is 111 Å². The summed E-state index contributed by atoms with van der Waals surface area (Å²) in [5, 5.41) is 58.6. The molecule has 2 saturated heterocycles. The number of ether oxygens (including phenoxy) is 3. The Morgan fingerprint density at radius 3 is 1.77 bits per heavy atom. The number of carbonyl (C=O) groups is 1. The van der Waals surface area contributed by atoms with Crippen molar-refractivity contribution in [3.8, 4) is 0 Å². The van der Waals surface area contributed by atoms with Crippen molar-refractivity contribution in [1.82, 2.24) is 19.1 Å². The molecule has 2 aliphatic heterocycles. The summed E-state index contributed by atoms with van der Waals surface area (Å²) in [6.07, 6.45) is -6.29. The van der Waals surface area contributed by atoms with Crippen molar-refractivity contribution in [1.29, 1.82) is 0 Å². The Kier molecular flexibility index (Phi) is 9.39. The van der Waals surface area contributed by atoms with Crippen molar-refractivity contribution in [2.45, 2.75) is 62.1 Å². The molecule has 222 valence electrons. The summed E-state index contributed by atoms with van der Waals surface area (Å²) in [7, 11) is 0. The number of ketones is 1. The van der Waals surface area contributed by atoms with Crippen LogP contribution >= 0.6 is 0 Å². The Balaban J connectivity index is 0.000000220. The molecule has 0 radical (unpaired) electrons. The Labute approximate surface area is 225 Å². The van der Waals surface area contributed by atoms with Crippen LogP contribution < -0.4 is 22.8 Å². The van der Waals surface area contributed by atoms with Crippen LogP contribution in [0.25, 0.3) is 0 Å². The van der Waals surface area contributed by atoms with Crippen molar-refractivity contribution in [3.63, 3.8) is 0 Å². The van der Waals surface area contributed by atoms with Gasteiger partial charge >= 0.3 is 11.4 Å². The van der Waals surface area contributed by atoms with E-state index in [0.29, 0.717) is 0 Å². The van der Waals surface area contributed by atoms with E-state index in [9.17, 15) is 45.0 Å². The third kappa shape index (κ3) is 5.48. The van der Waals surface area contributed by atoms with E-state index in [1.54, 1.807) is 6.92 Å². The first kappa shape index (κ1) is 31.2. The molecule has 18 nitrogen and oxygen atoms in total. The van der Waals surface area contributed by atoms with E-state index in [1.165, 1.54) is 24.5 Å². The molecule has 0 amide bonds. The van der Waals surface area contributed by atoms with Crippen LogP contribution in [0, 0.1) is 0 Å². The van der Waals surface area contributed by atoms with Crippen molar-refractivity contribution >= 4 is 17.4 Å². The van der Waals surface area contributed by atoms with Crippen LogP contribution in [0.15, 0.2) is 34.1 Å². The predicted octanol–water partition coefficient (Wildman–Crippen LogP) is -4.80. The number of hydrogen-bond donors (Lipinski definition) is 8. The Morgan fingerprint density at radius 2 is 1.40 bits per heavy atom. The molecular formula is C22H32N6O12. The fourth-order valence-corrected chi connectivity index (χ4v) is 4.30. The number of nitrogens with two attached hydrogens (primary N) is 2. The van der Waals surface area contributed by atoms with Gasteiger partial charge in [-0.2, -0.15) is 9.97 Å². The highest BCUT2D eigenvalue weighted by atomic mass is 16.7. The number of anilines is 2. The van der Waals surface area contributed by atoms with E-state index in [-0.39, 0.29) is 18.2 Å². The van der Waals surface area contributed by atoms with Gasteiger partial charge in [-0.15, -0.1) is 0 Å². The number of aliphatic hydroxyl groups excluding tert-OH is 6. The third-order valence-corrected chi connectivity index (χ3v) is 6.50. The lowest BCUT2D eigenvalue weighted by atomic mass is 9.92. The summed E-state index contributed by atoms with van der Waals surface area (Å²) in [5.74, 6) is -2.43. The normalized spacial score (nSPS) is 33.4. The van der Waals surface area contributed by atoms with Crippen molar-refractivity contribution in [2.75, 3.05) is 31.3 Å². The summed E-state index contributed by atoms with van der Waals surface area (Å²) >= 11 is 0. The number of aliphatic hydroxyl groups is 6. The van der Waals surface area contributed by atoms with Crippen LogP contribution in [0.3, 0.4) is 0 Å². The molecule has 4 rings (SSSR count). The van der Waals surface area contributed by atoms with Gasteiger partial charge < -0.3 is 56.3 Å². The maximum atomic E-state index is 11.7. The van der Waals surface area contributed by atoms with Crippen LogP contribution in [0.1, 0.15) is 26.3 Å². The van der Waals surface area contributed by atoms with E-state index < -0.39 is 78.6 Å². The van der Waals surface area contributed by atoms with Gasteiger partial charge in [-0.05, 0) is 26.0 Å². The number of hydrogen-bond acceptors (Lipinski definition) is 16. The van der Waals surface area contributed by atoms with E-state index in [2.05, 4.69) is 9.97 Å². The van der Waals surface area contributed by atoms with Crippen molar-refractivity contribution < 1.29 is 49.6 Å². The summed E-state index contributed by atoms with van der Waals surface area (Å²) in [5.41, 5.74) is 7.20. The number of rotatable bonds is 7. The molecule has 10 N–H and O–H groups in total. The maximum Gasteiger partial charge on any atom is 0.351 e. The summed E-state index contributed by atoms with van der Waals surface area (Å²) in [6.45, 7) is 1.40. The van der Waals surface area contributed by atoms with Gasteiger partial charge in [0.25, 0.3) is 0 Å². The number of aromatic nitrogens is 4. The zero-order chi connectivity index (χ0) is 30.0. The molecule has 0 saturated carbocycles. The molecule has 0 unspecified atom stereocenters. The second-order valence-corrected chi connectivity index (χ2v) is 8.98. The molecule has 0 aliphatic carbocycles. The number of carbonyl (C=O) groups excluding carboxylic acids is 1. The monoisotopic (exact) mass is 572 g/mol. The van der Waals surface area contributed by atoms with Crippen LogP contribution in [-0.2, 0) is 19.0 Å². The maximum absolute atomic E-state index is 11.7. The zero-order valence-electron chi connectivity index (χ0n) is 21.5. The largest absolute Gasteiger partial charge is 0.393 e. The van der Waals surface area contributed by atoms with E-state index in [4.69, 9.17) is 25.7 Å². The third-order valence-electron chi connectivity index (χ3n) is 6.50. The predicted molar refractivity (Wildman–Crippen MR) is 132 cm³/mol.